The van der Waals surface area contributed by atoms with Gasteiger partial charge in [0.1, 0.15) is 17.4 Å². The van der Waals surface area contributed by atoms with E-state index in [1.807, 2.05) is 48.5 Å². The summed E-state index contributed by atoms with van der Waals surface area (Å²) >= 11 is 1.62. The minimum absolute atomic E-state index is 0.125. The quantitative estimate of drug-likeness (QED) is 0.200. The predicted octanol–water partition coefficient (Wildman–Crippen LogP) is 7.49. The minimum Gasteiger partial charge on any atom is -0.493 e. The lowest BCUT2D eigenvalue weighted by Crippen LogP contribution is -2.28. The van der Waals surface area contributed by atoms with Crippen LogP contribution in [0.3, 0.4) is 0 Å². The average Bonchev–Trinajstić information content (AvgIpc) is 3.76. The van der Waals surface area contributed by atoms with E-state index < -0.39 is 0 Å². The zero-order valence-electron chi connectivity index (χ0n) is 24.9. The summed E-state index contributed by atoms with van der Waals surface area (Å²) in [5.74, 6) is 3.82. The predicted molar refractivity (Wildman–Crippen MR) is 166 cm³/mol. The molecule has 4 aromatic rings. The third-order valence-corrected chi connectivity index (χ3v) is 9.21. The van der Waals surface area contributed by atoms with Gasteiger partial charge in [0.15, 0.2) is 23.0 Å². The summed E-state index contributed by atoms with van der Waals surface area (Å²) in [7, 11) is 1.62. The molecule has 0 saturated heterocycles. The van der Waals surface area contributed by atoms with Crippen molar-refractivity contribution in [3.63, 3.8) is 0 Å². The van der Waals surface area contributed by atoms with Gasteiger partial charge in [-0.05, 0) is 89.8 Å². The highest BCUT2D eigenvalue weighted by Crippen LogP contribution is 2.45. The molecule has 0 unspecified atom stereocenters. The van der Waals surface area contributed by atoms with Gasteiger partial charge in [0, 0.05) is 11.1 Å². The lowest BCUT2D eigenvalue weighted by Gasteiger charge is -2.33. The van der Waals surface area contributed by atoms with Crippen molar-refractivity contribution in [3.8, 4) is 23.0 Å². The second-order valence-electron chi connectivity index (χ2n) is 11.9. The number of furan rings is 1. The van der Waals surface area contributed by atoms with Crippen LogP contribution in [0.4, 0.5) is 5.00 Å². The number of carbonyl (C=O) groups is 1. The highest BCUT2D eigenvalue weighted by molar-refractivity contribution is 7.16. The summed E-state index contributed by atoms with van der Waals surface area (Å²) in [6, 6.07) is 15.1. The Morgan fingerprint density at radius 2 is 1.98 bits per heavy atom. The second kappa shape index (κ2) is 12.2. The van der Waals surface area contributed by atoms with Crippen LogP contribution in [0.15, 0.2) is 64.2 Å². The summed E-state index contributed by atoms with van der Waals surface area (Å²) in [6.45, 7) is 7.80. The lowest BCUT2D eigenvalue weighted by molar-refractivity contribution is 0.0947. The lowest BCUT2D eigenvalue weighted by atomic mass is 9.72. The monoisotopic (exact) mass is 600 g/mol. The number of aliphatic imine (C=N–C) groups is 1. The van der Waals surface area contributed by atoms with Crippen LogP contribution in [-0.4, -0.2) is 26.0 Å². The number of hydrogen-bond acceptors (Lipinski definition) is 8. The van der Waals surface area contributed by atoms with Crippen molar-refractivity contribution >= 4 is 28.5 Å². The van der Waals surface area contributed by atoms with E-state index in [0.29, 0.717) is 41.9 Å². The van der Waals surface area contributed by atoms with Crippen LogP contribution in [-0.2, 0) is 26.0 Å². The first-order chi connectivity index (χ1) is 20.8. The van der Waals surface area contributed by atoms with E-state index in [1.165, 1.54) is 4.88 Å². The van der Waals surface area contributed by atoms with Crippen molar-refractivity contribution in [2.75, 3.05) is 13.9 Å². The molecule has 2 aliphatic rings. The maximum Gasteiger partial charge on any atom is 0.255 e. The number of thiophene rings is 1. The van der Waals surface area contributed by atoms with Crippen LogP contribution in [0.1, 0.15) is 64.9 Å². The van der Waals surface area contributed by atoms with Crippen LogP contribution >= 0.6 is 11.3 Å². The first kappa shape index (κ1) is 28.9. The van der Waals surface area contributed by atoms with E-state index in [0.717, 1.165) is 52.5 Å². The summed E-state index contributed by atoms with van der Waals surface area (Å²) in [4.78, 5) is 19.6. The van der Waals surface area contributed by atoms with Crippen molar-refractivity contribution in [1.82, 2.24) is 5.32 Å². The number of hydrogen-bond donors (Lipinski definition) is 1. The first-order valence-electron chi connectivity index (χ1n) is 14.5. The maximum absolute atomic E-state index is 13.5. The van der Waals surface area contributed by atoms with E-state index in [9.17, 15) is 4.79 Å². The summed E-state index contributed by atoms with van der Waals surface area (Å²) in [6.07, 6.45) is 6.28. The maximum atomic E-state index is 13.5. The molecule has 1 aliphatic heterocycles. The van der Waals surface area contributed by atoms with Gasteiger partial charge >= 0.3 is 0 Å². The van der Waals surface area contributed by atoms with Gasteiger partial charge in [0.25, 0.3) is 5.91 Å². The molecule has 2 aromatic carbocycles. The fraction of sp³-hybridized carbons (Fsp3) is 0.353. The Labute approximate surface area is 255 Å². The van der Waals surface area contributed by atoms with E-state index in [-0.39, 0.29) is 18.1 Å². The van der Waals surface area contributed by atoms with Gasteiger partial charge in [-0.2, -0.15) is 0 Å². The standard InChI is InChI=1S/C34H36N2O6S/c1-34(2,3)23-9-10-25-30(16-23)43-33(31(25)32(37)35-18-24-6-5-13-39-24)36-17-21-7-11-26(28(14-21)38-4)40-19-22-8-12-27-29(15-22)42-20-41-27/h5-8,11-15,17,23H,9-10,16,18-20H2,1-4H3,(H,35,37)/t23-/m0/s1. The molecule has 1 atom stereocenters. The van der Waals surface area contributed by atoms with Gasteiger partial charge in [0.05, 0.1) is 25.5 Å². The Morgan fingerprint density at radius 1 is 1.12 bits per heavy atom. The molecule has 8 nitrogen and oxygen atoms in total. The van der Waals surface area contributed by atoms with Crippen LogP contribution in [0.5, 0.6) is 23.0 Å². The van der Waals surface area contributed by atoms with Crippen LogP contribution < -0.4 is 24.3 Å². The molecular formula is C34H36N2O6S. The molecule has 6 rings (SSSR count). The third kappa shape index (κ3) is 6.41. The largest absolute Gasteiger partial charge is 0.493 e. The van der Waals surface area contributed by atoms with Crippen molar-refractivity contribution in [2.45, 2.75) is 53.2 Å². The highest BCUT2D eigenvalue weighted by Gasteiger charge is 2.33. The van der Waals surface area contributed by atoms with E-state index in [4.69, 9.17) is 28.4 Å². The molecule has 2 aromatic heterocycles. The second-order valence-corrected chi connectivity index (χ2v) is 13.0. The number of nitrogens with one attached hydrogen (secondary N) is 1. The molecule has 224 valence electrons. The van der Waals surface area contributed by atoms with Gasteiger partial charge in [-0.1, -0.05) is 26.8 Å². The van der Waals surface area contributed by atoms with Crippen molar-refractivity contribution in [3.05, 3.63) is 87.7 Å². The van der Waals surface area contributed by atoms with Gasteiger partial charge in [0.2, 0.25) is 6.79 Å². The molecule has 1 N–H and O–H groups in total. The molecule has 0 spiro atoms. The van der Waals surface area contributed by atoms with Crippen LogP contribution in [0.2, 0.25) is 0 Å². The number of ether oxygens (including phenoxy) is 4. The van der Waals surface area contributed by atoms with Gasteiger partial charge in [-0.3, -0.25) is 4.79 Å². The van der Waals surface area contributed by atoms with Crippen LogP contribution in [0.25, 0.3) is 0 Å². The molecule has 0 bridgehead atoms. The van der Waals surface area contributed by atoms with Crippen molar-refractivity contribution < 1.29 is 28.2 Å². The molecule has 9 heteroatoms. The van der Waals surface area contributed by atoms with Crippen molar-refractivity contribution in [2.24, 2.45) is 16.3 Å². The van der Waals surface area contributed by atoms with E-state index >= 15 is 0 Å². The van der Waals surface area contributed by atoms with E-state index in [2.05, 4.69) is 26.1 Å². The summed E-state index contributed by atoms with van der Waals surface area (Å²) in [5, 5.41) is 3.75. The molecule has 3 heterocycles. The minimum atomic E-state index is -0.125. The van der Waals surface area contributed by atoms with Gasteiger partial charge in [-0.25, -0.2) is 4.99 Å². The Bertz CT molecular complexity index is 1630. The SMILES string of the molecule is COc1cc(C=Nc2sc3c(c2C(=O)NCc2ccco2)CC[C@H](C(C)(C)C)C3)ccc1OCc1ccc2c(c1)OCO2. The molecule has 43 heavy (non-hydrogen) atoms. The first-order valence-corrected chi connectivity index (χ1v) is 15.3. The number of amides is 1. The van der Waals surface area contributed by atoms with Crippen LogP contribution in [0, 0.1) is 11.3 Å². The number of rotatable bonds is 9. The third-order valence-electron chi connectivity index (χ3n) is 8.05. The average molecular weight is 601 g/mol. The van der Waals surface area contributed by atoms with Gasteiger partial charge < -0.3 is 28.7 Å². The normalized spacial score (nSPS) is 15.9. The smallest absolute Gasteiger partial charge is 0.255 e. The van der Waals surface area contributed by atoms with Gasteiger partial charge in [-0.15, -0.1) is 11.3 Å². The molecule has 1 amide bonds. The Balaban J connectivity index is 1.22. The Hall–Kier alpha value is -4.24. The zero-order valence-corrected chi connectivity index (χ0v) is 25.7. The number of fused-ring (bicyclic) bond motifs is 2. The fourth-order valence-electron chi connectivity index (χ4n) is 5.51. The van der Waals surface area contributed by atoms with E-state index in [1.54, 1.807) is 30.9 Å². The topological polar surface area (TPSA) is 91.5 Å². The molecule has 0 saturated carbocycles. The summed E-state index contributed by atoms with van der Waals surface area (Å²) < 4.78 is 28.0. The highest BCUT2D eigenvalue weighted by atomic mass is 32.1. The molecule has 0 radical (unpaired) electrons. The number of nitrogens with zero attached hydrogens (tertiary/aromatic N) is 1. The number of benzene rings is 2. The molecule has 0 fully saturated rings. The Morgan fingerprint density at radius 3 is 2.77 bits per heavy atom. The number of carbonyl (C=O) groups excluding carboxylic acids is 1. The summed E-state index contributed by atoms with van der Waals surface area (Å²) in [5.41, 5.74) is 3.80. The fourth-order valence-corrected chi connectivity index (χ4v) is 6.78. The molecule has 1 aliphatic carbocycles. The molecular weight excluding hydrogens is 564 g/mol. The Kier molecular flexibility index (Phi) is 8.17. The number of methoxy groups -OCH3 is 1. The van der Waals surface area contributed by atoms with Crippen molar-refractivity contribution in [1.29, 1.82) is 0 Å². The zero-order chi connectivity index (χ0) is 30.0.